The first kappa shape index (κ1) is 22.3. The quantitative estimate of drug-likeness (QED) is 0.440. The lowest BCUT2D eigenvalue weighted by Gasteiger charge is -2.35. The summed E-state index contributed by atoms with van der Waals surface area (Å²) in [7, 11) is 0. The molecule has 1 aromatic heterocycles. The molecule has 2 heterocycles. The largest absolute Gasteiger partial charge is 0.508 e. The average molecular weight is 462 g/mol. The van der Waals surface area contributed by atoms with Crippen molar-refractivity contribution in [2.75, 3.05) is 37.6 Å². The molecule has 0 amide bonds. The molecule has 1 saturated carbocycles. The number of likely N-dealkylation sites (N-methyl/N-ethyl adjacent to an activating group) is 1. The lowest BCUT2D eigenvalue weighted by molar-refractivity contribution is 0.104. The Kier molecular flexibility index (Phi) is 5.96. The van der Waals surface area contributed by atoms with Crippen molar-refractivity contribution in [3.63, 3.8) is 0 Å². The number of rotatable bonds is 6. The van der Waals surface area contributed by atoms with Crippen molar-refractivity contribution in [3.8, 4) is 5.75 Å². The van der Waals surface area contributed by atoms with Crippen LogP contribution in [-0.2, 0) is 0 Å². The summed E-state index contributed by atoms with van der Waals surface area (Å²) in [6, 6.07) is 9.72. The predicted molar refractivity (Wildman–Crippen MR) is 132 cm³/mol. The molecule has 3 aromatic rings. The monoisotopic (exact) mass is 461 g/mol. The van der Waals surface area contributed by atoms with Crippen LogP contribution in [0.25, 0.3) is 17.0 Å². The molecule has 34 heavy (non-hydrogen) atoms. The standard InChI is InChI=1S/C27H28FN3O3/c1-2-29-11-13-30(14-12-29)25-16-24-21(15-23(25)28)27(34)22(17-31(24)19-6-7-19)26(33)10-5-18-3-8-20(32)9-4-18/h3-5,8-10,15-17,19,32H,2,6-7,11-14H2,1H3/b10-5+. The van der Waals surface area contributed by atoms with E-state index in [1.807, 2.05) is 9.47 Å². The van der Waals surface area contributed by atoms with Gasteiger partial charge in [-0.25, -0.2) is 4.39 Å². The Bertz CT molecular complexity index is 1320. The maximum absolute atomic E-state index is 15.2. The van der Waals surface area contributed by atoms with Gasteiger partial charge in [0.25, 0.3) is 0 Å². The number of phenolic OH excluding ortho intramolecular Hbond substituents is 1. The molecule has 176 valence electrons. The fourth-order valence-corrected chi connectivity index (χ4v) is 4.58. The van der Waals surface area contributed by atoms with Gasteiger partial charge in [0.15, 0.2) is 5.78 Å². The van der Waals surface area contributed by atoms with Crippen LogP contribution in [0, 0.1) is 5.82 Å². The molecule has 0 spiro atoms. The first-order chi connectivity index (χ1) is 16.4. The van der Waals surface area contributed by atoms with Crippen LogP contribution in [0.3, 0.4) is 0 Å². The van der Waals surface area contributed by atoms with E-state index in [0.717, 1.165) is 51.1 Å². The van der Waals surface area contributed by atoms with Gasteiger partial charge in [-0.2, -0.15) is 0 Å². The number of hydrogen-bond acceptors (Lipinski definition) is 5. The zero-order valence-corrected chi connectivity index (χ0v) is 19.2. The third-order valence-electron chi connectivity index (χ3n) is 6.79. The van der Waals surface area contributed by atoms with Gasteiger partial charge < -0.3 is 19.5 Å². The number of aromatic hydroxyl groups is 1. The summed E-state index contributed by atoms with van der Waals surface area (Å²) < 4.78 is 17.2. The number of fused-ring (bicyclic) bond motifs is 1. The molecular weight excluding hydrogens is 433 g/mol. The van der Waals surface area contributed by atoms with Crippen LogP contribution in [-0.4, -0.2) is 53.1 Å². The number of carbonyl (C=O) groups excluding carboxylic acids is 1. The van der Waals surface area contributed by atoms with Crippen LogP contribution in [0.15, 0.2) is 53.5 Å². The minimum absolute atomic E-state index is 0.0399. The van der Waals surface area contributed by atoms with Gasteiger partial charge in [-0.3, -0.25) is 9.59 Å². The minimum Gasteiger partial charge on any atom is -0.508 e. The van der Waals surface area contributed by atoms with E-state index in [1.54, 1.807) is 30.5 Å². The average Bonchev–Trinajstić information content (AvgIpc) is 3.69. The highest BCUT2D eigenvalue weighted by atomic mass is 19.1. The normalized spacial score (nSPS) is 17.1. The van der Waals surface area contributed by atoms with Gasteiger partial charge in [-0.05, 0) is 55.3 Å². The van der Waals surface area contributed by atoms with Gasteiger partial charge in [0, 0.05) is 43.8 Å². The Morgan fingerprint density at radius 2 is 1.82 bits per heavy atom. The highest BCUT2D eigenvalue weighted by Gasteiger charge is 2.28. The number of nitrogens with zero attached hydrogens (tertiary/aromatic N) is 3. The van der Waals surface area contributed by atoms with Crippen molar-refractivity contribution in [2.24, 2.45) is 0 Å². The Morgan fingerprint density at radius 1 is 1.12 bits per heavy atom. The molecule has 1 aliphatic carbocycles. The first-order valence-corrected chi connectivity index (χ1v) is 11.8. The summed E-state index contributed by atoms with van der Waals surface area (Å²) >= 11 is 0. The molecule has 6 nitrogen and oxygen atoms in total. The SMILES string of the molecule is CCN1CCN(c2cc3c(cc2F)c(=O)c(C(=O)/C=C/c2ccc(O)cc2)cn3C2CC2)CC1. The van der Waals surface area contributed by atoms with Crippen molar-refractivity contribution in [1.82, 2.24) is 9.47 Å². The number of ketones is 1. The fourth-order valence-electron chi connectivity index (χ4n) is 4.58. The molecule has 1 aliphatic heterocycles. The molecular formula is C27H28FN3O3. The van der Waals surface area contributed by atoms with Gasteiger partial charge in [0.1, 0.15) is 11.6 Å². The maximum Gasteiger partial charge on any atom is 0.200 e. The van der Waals surface area contributed by atoms with Gasteiger partial charge in [0.2, 0.25) is 5.43 Å². The van der Waals surface area contributed by atoms with Gasteiger partial charge >= 0.3 is 0 Å². The molecule has 5 rings (SSSR count). The summed E-state index contributed by atoms with van der Waals surface area (Å²) in [6.07, 6.45) is 6.53. The molecule has 2 fully saturated rings. The number of aromatic nitrogens is 1. The van der Waals surface area contributed by atoms with E-state index in [2.05, 4.69) is 11.8 Å². The highest BCUT2D eigenvalue weighted by molar-refractivity contribution is 6.08. The molecule has 0 radical (unpaired) electrons. The summed E-state index contributed by atoms with van der Waals surface area (Å²) in [5.41, 5.74) is 1.52. The molecule has 0 unspecified atom stereocenters. The number of carbonyl (C=O) groups is 1. The van der Waals surface area contributed by atoms with Crippen LogP contribution < -0.4 is 10.3 Å². The Labute approximate surface area is 197 Å². The molecule has 2 aliphatic rings. The molecule has 0 bridgehead atoms. The minimum atomic E-state index is -0.450. The van der Waals surface area contributed by atoms with Crippen molar-refractivity contribution in [2.45, 2.75) is 25.8 Å². The second-order valence-corrected chi connectivity index (χ2v) is 9.04. The first-order valence-electron chi connectivity index (χ1n) is 11.8. The number of phenols is 1. The Balaban J connectivity index is 1.52. The van der Waals surface area contributed by atoms with Crippen molar-refractivity contribution >= 4 is 28.4 Å². The lowest BCUT2D eigenvalue weighted by atomic mass is 10.1. The second-order valence-electron chi connectivity index (χ2n) is 9.04. The van der Waals surface area contributed by atoms with Crippen molar-refractivity contribution in [1.29, 1.82) is 0 Å². The van der Waals surface area contributed by atoms with E-state index in [1.165, 1.54) is 24.3 Å². The van der Waals surface area contributed by atoms with Crippen molar-refractivity contribution in [3.05, 3.63) is 75.8 Å². The van der Waals surface area contributed by atoms with E-state index >= 15 is 4.39 Å². The summed E-state index contributed by atoms with van der Waals surface area (Å²) in [5.74, 6) is -0.713. The van der Waals surface area contributed by atoms with E-state index < -0.39 is 17.0 Å². The smallest absolute Gasteiger partial charge is 0.200 e. The van der Waals surface area contributed by atoms with Gasteiger partial charge in [0.05, 0.1) is 16.8 Å². The van der Waals surface area contributed by atoms with E-state index in [-0.39, 0.29) is 22.7 Å². The third-order valence-corrected chi connectivity index (χ3v) is 6.79. The number of benzene rings is 2. The fraction of sp³-hybridized carbons (Fsp3) is 0.333. The highest BCUT2D eigenvalue weighted by Crippen LogP contribution is 2.38. The number of allylic oxidation sites excluding steroid dienone is 1. The number of piperazine rings is 1. The zero-order chi connectivity index (χ0) is 23.8. The van der Waals surface area contributed by atoms with Crippen molar-refractivity contribution < 1.29 is 14.3 Å². The molecule has 1 saturated heterocycles. The van der Waals surface area contributed by atoms with Gasteiger partial charge in [-0.15, -0.1) is 0 Å². The van der Waals surface area contributed by atoms with Crippen LogP contribution in [0.4, 0.5) is 10.1 Å². The topological polar surface area (TPSA) is 65.8 Å². The van der Waals surface area contributed by atoms with Crippen LogP contribution >= 0.6 is 0 Å². The number of pyridine rings is 1. The summed E-state index contributed by atoms with van der Waals surface area (Å²) in [6.45, 7) is 6.34. The van der Waals surface area contributed by atoms with E-state index in [0.29, 0.717) is 11.2 Å². The van der Waals surface area contributed by atoms with E-state index in [9.17, 15) is 14.7 Å². The third kappa shape index (κ3) is 4.35. The molecule has 2 aromatic carbocycles. The molecule has 7 heteroatoms. The maximum atomic E-state index is 15.2. The Hall–Kier alpha value is -3.45. The molecule has 0 atom stereocenters. The van der Waals surface area contributed by atoms with Gasteiger partial charge in [-0.1, -0.05) is 25.1 Å². The number of hydrogen-bond donors (Lipinski definition) is 1. The predicted octanol–water partition coefficient (Wildman–Crippen LogP) is 4.22. The number of halogens is 1. The second kappa shape index (κ2) is 9.06. The number of anilines is 1. The van der Waals surface area contributed by atoms with Crippen LogP contribution in [0.2, 0.25) is 0 Å². The van der Waals surface area contributed by atoms with Crippen LogP contribution in [0.1, 0.15) is 41.7 Å². The van der Waals surface area contributed by atoms with E-state index in [4.69, 9.17) is 0 Å². The Morgan fingerprint density at radius 3 is 2.47 bits per heavy atom. The molecule has 1 N–H and O–H groups in total. The zero-order valence-electron chi connectivity index (χ0n) is 19.2. The van der Waals surface area contributed by atoms with Crippen LogP contribution in [0.5, 0.6) is 5.75 Å². The summed E-state index contributed by atoms with van der Waals surface area (Å²) in [5, 5.41) is 9.65. The summed E-state index contributed by atoms with van der Waals surface area (Å²) in [4.78, 5) is 30.6. The lowest BCUT2D eigenvalue weighted by Crippen LogP contribution is -2.46.